The number of nitrogens with zero attached hydrogens (tertiary/aromatic N) is 3. The molecule has 3 fully saturated rings. The average Bonchev–Trinajstić information content (AvgIpc) is 3.18. The Morgan fingerprint density at radius 3 is 2.60 bits per heavy atom. The molecular weight excluding hydrogens is 310 g/mol. The van der Waals surface area contributed by atoms with E-state index in [9.17, 15) is 4.79 Å². The Labute approximate surface area is 152 Å². The van der Waals surface area contributed by atoms with Crippen LogP contribution in [-0.4, -0.2) is 33.4 Å². The van der Waals surface area contributed by atoms with Gasteiger partial charge in [-0.05, 0) is 63.2 Å². The summed E-state index contributed by atoms with van der Waals surface area (Å²) in [5, 5.41) is 0. The molecule has 1 aromatic heterocycles. The molecular formula is C21H33N3O. The highest BCUT2D eigenvalue weighted by molar-refractivity contribution is 5.76. The van der Waals surface area contributed by atoms with Crippen molar-refractivity contribution in [2.24, 2.45) is 17.8 Å². The van der Waals surface area contributed by atoms with E-state index >= 15 is 0 Å². The second-order valence-corrected chi connectivity index (χ2v) is 8.78. The number of carbonyl (C=O) groups excluding carboxylic acids is 1. The van der Waals surface area contributed by atoms with Crippen molar-refractivity contribution in [1.29, 1.82) is 0 Å². The fourth-order valence-corrected chi connectivity index (χ4v) is 4.79. The number of aromatic nitrogens is 2. The van der Waals surface area contributed by atoms with E-state index in [-0.39, 0.29) is 0 Å². The van der Waals surface area contributed by atoms with Gasteiger partial charge in [-0.25, -0.2) is 4.98 Å². The summed E-state index contributed by atoms with van der Waals surface area (Å²) in [6, 6.07) is 0. The number of hydrogen-bond donors (Lipinski definition) is 0. The first-order valence-corrected chi connectivity index (χ1v) is 10.5. The van der Waals surface area contributed by atoms with E-state index in [0.29, 0.717) is 17.7 Å². The van der Waals surface area contributed by atoms with E-state index in [1.54, 1.807) is 0 Å². The number of amides is 1. The van der Waals surface area contributed by atoms with Crippen LogP contribution in [0.1, 0.15) is 69.3 Å². The molecule has 0 bridgehead atoms. The fourth-order valence-electron chi connectivity index (χ4n) is 4.79. The monoisotopic (exact) mass is 343 g/mol. The Kier molecular flexibility index (Phi) is 5.14. The van der Waals surface area contributed by atoms with Gasteiger partial charge in [-0.2, -0.15) is 0 Å². The van der Waals surface area contributed by atoms with E-state index < -0.39 is 0 Å². The van der Waals surface area contributed by atoms with Gasteiger partial charge in [-0.15, -0.1) is 0 Å². The fraction of sp³-hybridized carbons (Fsp3) is 0.810. The Hall–Kier alpha value is -1.32. The molecule has 4 heteroatoms. The lowest BCUT2D eigenvalue weighted by molar-refractivity contribution is -0.134. The van der Waals surface area contributed by atoms with Crippen molar-refractivity contribution in [2.45, 2.75) is 77.7 Å². The summed E-state index contributed by atoms with van der Waals surface area (Å²) in [6.45, 7) is 5.24. The lowest BCUT2D eigenvalue weighted by atomic mass is 9.93. The Morgan fingerprint density at radius 2 is 1.84 bits per heavy atom. The van der Waals surface area contributed by atoms with Gasteiger partial charge >= 0.3 is 0 Å². The predicted molar refractivity (Wildman–Crippen MR) is 99.3 cm³/mol. The van der Waals surface area contributed by atoms with E-state index in [2.05, 4.69) is 16.4 Å². The molecule has 4 nitrogen and oxygen atoms in total. The smallest absolute Gasteiger partial charge is 0.222 e. The van der Waals surface area contributed by atoms with Crippen molar-refractivity contribution in [2.75, 3.05) is 13.1 Å². The van der Waals surface area contributed by atoms with Gasteiger partial charge in [0.25, 0.3) is 0 Å². The van der Waals surface area contributed by atoms with Crippen LogP contribution >= 0.6 is 0 Å². The van der Waals surface area contributed by atoms with Gasteiger partial charge < -0.3 is 9.47 Å². The van der Waals surface area contributed by atoms with Crippen LogP contribution in [0.4, 0.5) is 0 Å². The van der Waals surface area contributed by atoms with E-state index in [1.165, 1.54) is 56.5 Å². The van der Waals surface area contributed by atoms with E-state index in [4.69, 9.17) is 4.98 Å². The second-order valence-electron chi connectivity index (χ2n) is 8.78. The quantitative estimate of drug-likeness (QED) is 0.784. The zero-order valence-corrected chi connectivity index (χ0v) is 15.8. The summed E-state index contributed by atoms with van der Waals surface area (Å²) in [4.78, 5) is 19.5. The predicted octanol–water partition coefficient (Wildman–Crippen LogP) is 3.96. The van der Waals surface area contributed by atoms with Crippen molar-refractivity contribution >= 4 is 5.91 Å². The largest absolute Gasteiger partial charge is 0.342 e. The first kappa shape index (κ1) is 17.1. The molecule has 3 aliphatic rings. The minimum atomic E-state index is 0.411. The summed E-state index contributed by atoms with van der Waals surface area (Å²) in [5.74, 6) is 3.78. The highest BCUT2D eigenvalue weighted by atomic mass is 16.2. The van der Waals surface area contributed by atoms with Crippen molar-refractivity contribution in [3.05, 3.63) is 17.7 Å². The van der Waals surface area contributed by atoms with Crippen molar-refractivity contribution in [3.63, 3.8) is 0 Å². The third kappa shape index (κ3) is 4.27. The van der Waals surface area contributed by atoms with Crippen molar-refractivity contribution in [3.8, 4) is 0 Å². The van der Waals surface area contributed by atoms with E-state index in [0.717, 1.165) is 44.8 Å². The molecule has 0 aromatic carbocycles. The lowest BCUT2D eigenvalue weighted by Gasteiger charge is -2.33. The molecule has 1 aromatic rings. The normalized spacial score (nSPS) is 24.8. The van der Waals surface area contributed by atoms with Crippen LogP contribution < -0.4 is 0 Å². The number of aryl methyl sites for hydroxylation is 1. The standard InChI is InChI=1S/C21H33N3O/c1-16-13-22-20(24(16)15-18-8-9-18)11-19-7-4-10-23(14-19)21(25)12-17-5-2-3-6-17/h13,17-19H,2-12,14-15H2,1H3. The number of imidazole rings is 1. The average molecular weight is 344 g/mol. The lowest BCUT2D eigenvalue weighted by Crippen LogP contribution is -2.41. The third-order valence-electron chi connectivity index (χ3n) is 6.56. The topological polar surface area (TPSA) is 38.1 Å². The molecule has 1 saturated heterocycles. The van der Waals surface area contributed by atoms with Crippen LogP contribution in [-0.2, 0) is 17.8 Å². The summed E-state index contributed by atoms with van der Waals surface area (Å²) in [7, 11) is 0. The summed E-state index contributed by atoms with van der Waals surface area (Å²) < 4.78 is 2.44. The molecule has 4 rings (SSSR count). The van der Waals surface area contributed by atoms with Gasteiger partial charge in [-0.3, -0.25) is 4.79 Å². The maximum Gasteiger partial charge on any atom is 0.222 e. The Morgan fingerprint density at radius 1 is 1.08 bits per heavy atom. The van der Waals surface area contributed by atoms with E-state index in [1.807, 2.05) is 6.20 Å². The molecule has 0 spiro atoms. The zero-order valence-electron chi connectivity index (χ0n) is 15.8. The molecule has 1 unspecified atom stereocenters. The van der Waals surface area contributed by atoms with Crippen LogP contribution in [0.5, 0.6) is 0 Å². The summed E-state index contributed by atoms with van der Waals surface area (Å²) in [6.07, 6.45) is 14.2. The molecule has 2 aliphatic carbocycles. The van der Waals surface area contributed by atoms with Gasteiger partial charge in [0.2, 0.25) is 5.91 Å². The number of hydrogen-bond acceptors (Lipinski definition) is 2. The third-order valence-corrected chi connectivity index (χ3v) is 6.56. The first-order chi connectivity index (χ1) is 12.2. The molecule has 1 atom stereocenters. The van der Waals surface area contributed by atoms with Crippen LogP contribution in [0.2, 0.25) is 0 Å². The molecule has 0 radical (unpaired) electrons. The minimum Gasteiger partial charge on any atom is -0.342 e. The minimum absolute atomic E-state index is 0.411. The molecule has 0 N–H and O–H groups in total. The molecule has 1 amide bonds. The summed E-state index contributed by atoms with van der Waals surface area (Å²) >= 11 is 0. The first-order valence-electron chi connectivity index (χ1n) is 10.5. The highest BCUT2D eigenvalue weighted by Crippen LogP contribution is 2.32. The number of piperidine rings is 1. The highest BCUT2D eigenvalue weighted by Gasteiger charge is 2.28. The maximum absolute atomic E-state index is 12.7. The van der Waals surface area contributed by atoms with Gasteiger partial charge in [0, 0.05) is 44.4 Å². The second kappa shape index (κ2) is 7.51. The molecule has 2 heterocycles. The molecule has 138 valence electrons. The van der Waals surface area contributed by atoms with Crippen molar-refractivity contribution in [1.82, 2.24) is 14.5 Å². The molecule has 25 heavy (non-hydrogen) atoms. The van der Waals surface area contributed by atoms with Crippen LogP contribution in [0.3, 0.4) is 0 Å². The number of carbonyl (C=O) groups is 1. The van der Waals surface area contributed by atoms with Gasteiger partial charge in [0.1, 0.15) is 5.82 Å². The zero-order chi connectivity index (χ0) is 17.2. The number of likely N-dealkylation sites (tertiary alicyclic amines) is 1. The van der Waals surface area contributed by atoms with Gasteiger partial charge in [0.15, 0.2) is 0 Å². The maximum atomic E-state index is 12.7. The van der Waals surface area contributed by atoms with Crippen molar-refractivity contribution < 1.29 is 4.79 Å². The number of rotatable bonds is 6. The molecule has 1 aliphatic heterocycles. The van der Waals surface area contributed by atoms with Gasteiger partial charge in [0.05, 0.1) is 0 Å². The van der Waals surface area contributed by atoms with Crippen LogP contribution in [0.15, 0.2) is 6.20 Å². The molecule has 2 saturated carbocycles. The van der Waals surface area contributed by atoms with Gasteiger partial charge in [-0.1, -0.05) is 12.8 Å². The Balaban J connectivity index is 1.34. The summed E-state index contributed by atoms with van der Waals surface area (Å²) in [5.41, 5.74) is 1.30. The Bertz CT molecular complexity index is 598. The SMILES string of the molecule is Cc1cnc(CC2CCCN(C(=O)CC3CCCC3)C2)n1CC1CC1. The van der Waals surface area contributed by atoms with Crippen LogP contribution in [0, 0.1) is 24.7 Å². The van der Waals surface area contributed by atoms with Crippen LogP contribution in [0.25, 0.3) is 0 Å².